The molecule has 0 aromatic heterocycles. The summed E-state index contributed by atoms with van der Waals surface area (Å²) in [7, 11) is 0. The van der Waals surface area contributed by atoms with E-state index >= 15 is 0 Å². The molecule has 2 unspecified atom stereocenters. The van der Waals surface area contributed by atoms with Crippen LogP contribution in [0.2, 0.25) is 0 Å². The van der Waals surface area contributed by atoms with Crippen LogP contribution in [0.5, 0.6) is 0 Å². The number of hydrogen-bond donors (Lipinski definition) is 2. The topological polar surface area (TPSA) is 46.2 Å². The van der Waals surface area contributed by atoms with Crippen molar-refractivity contribution in [2.24, 2.45) is 5.73 Å². The molecule has 2 nitrogen and oxygen atoms in total. The van der Waals surface area contributed by atoms with Crippen molar-refractivity contribution >= 4 is 0 Å². The van der Waals surface area contributed by atoms with Crippen LogP contribution in [0.1, 0.15) is 29.2 Å². The lowest BCUT2D eigenvalue weighted by molar-refractivity contribution is 0.0729. The van der Waals surface area contributed by atoms with Crippen molar-refractivity contribution in [3.63, 3.8) is 0 Å². The number of halogens is 2. The number of aliphatic hydroxyl groups is 1. The van der Waals surface area contributed by atoms with E-state index in [1.165, 1.54) is 12.1 Å². The van der Waals surface area contributed by atoms with Crippen molar-refractivity contribution in [2.75, 3.05) is 0 Å². The van der Waals surface area contributed by atoms with Crippen molar-refractivity contribution in [1.29, 1.82) is 0 Å². The van der Waals surface area contributed by atoms with Gasteiger partial charge in [0.25, 0.3) is 0 Å². The lowest BCUT2D eigenvalue weighted by atomic mass is 9.87. The molecule has 0 fully saturated rings. The Labute approximate surface area is 109 Å². The van der Waals surface area contributed by atoms with Crippen LogP contribution in [0.3, 0.4) is 0 Å². The first kappa shape index (κ1) is 12.3. The third kappa shape index (κ3) is 1.68. The van der Waals surface area contributed by atoms with Gasteiger partial charge in [0.05, 0.1) is 0 Å². The fourth-order valence-corrected chi connectivity index (χ4v) is 2.81. The summed E-state index contributed by atoms with van der Waals surface area (Å²) in [6, 6.07) is 10.5. The van der Waals surface area contributed by atoms with Gasteiger partial charge in [-0.1, -0.05) is 36.4 Å². The minimum Gasteiger partial charge on any atom is -0.380 e. The molecule has 2 aromatic rings. The van der Waals surface area contributed by atoms with Gasteiger partial charge in [-0.15, -0.1) is 0 Å². The molecular weight excluding hydrogens is 248 g/mol. The quantitative estimate of drug-likeness (QED) is 0.829. The van der Waals surface area contributed by atoms with Gasteiger partial charge in [0.15, 0.2) is 11.6 Å². The predicted molar refractivity (Wildman–Crippen MR) is 67.3 cm³/mol. The highest BCUT2D eigenvalue weighted by Crippen LogP contribution is 2.46. The molecule has 0 saturated carbocycles. The SMILES string of the molecule is NC1CC(O)(c2cccc(F)c2F)c2ccccc21. The average Bonchev–Trinajstić information content (AvgIpc) is 2.67. The summed E-state index contributed by atoms with van der Waals surface area (Å²) in [5.41, 5.74) is 5.66. The zero-order valence-electron chi connectivity index (χ0n) is 10.1. The lowest BCUT2D eigenvalue weighted by Crippen LogP contribution is -2.27. The van der Waals surface area contributed by atoms with Gasteiger partial charge in [0, 0.05) is 18.0 Å². The normalized spacial score (nSPS) is 25.4. The maximum atomic E-state index is 13.9. The van der Waals surface area contributed by atoms with E-state index in [0.717, 1.165) is 11.6 Å². The Balaban J connectivity index is 2.23. The zero-order chi connectivity index (χ0) is 13.6. The summed E-state index contributed by atoms with van der Waals surface area (Å²) < 4.78 is 27.3. The number of benzene rings is 2. The Bertz CT molecular complexity index is 644. The maximum Gasteiger partial charge on any atom is 0.165 e. The van der Waals surface area contributed by atoms with E-state index in [1.54, 1.807) is 18.2 Å². The molecule has 0 radical (unpaired) electrons. The maximum absolute atomic E-state index is 13.9. The van der Waals surface area contributed by atoms with Gasteiger partial charge in [0.2, 0.25) is 0 Å². The third-order valence-electron chi connectivity index (χ3n) is 3.72. The number of fused-ring (bicyclic) bond motifs is 1. The van der Waals surface area contributed by atoms with Gasteiger partial charge in [-0.05, 0) is 17.2 Å². The lowest BCUT2D eigenvalue weighted by Gasteiger charge is -2.25. The van der Waals surface area contributed by atoms with Crippen LogP contribution < -0.4 is 5.73 Å². The highest BCUT2D eigenvalue weighted by atomic mass is 19.2. The molecule has 0 bridgehead atoms. The first-order chi connectivity index (χ1) is 9.04. The van der Waals surface area contributed by atoms with Gasteiger partial charge in [-0.2, -0.15) is 0 Å². The van der Waals surface area contributed by atoms with E-state index in [1.807, 2.05) is 6.07 Å². The van der Waals surface area contributed by atoms with Crippen molar-refractivity contribution in [3.05, 3.63) is 70.8 Å². The third-order valence-corrected chi connectivity index (χ3v) is 3.72. The van der Waals surface area contributed by atoms with Crippen molar-refractivity contribution in [3.8, 4) is 0 Å². The van der Waals surface area contributed by atoms with Gasteiger partial charge < -0.3 is 10.8 Å². The van der Waals surface area contributed by atoms with E-state index in [-0.39, 0.29) is 18.0 Å². The predicted octanol–water partition coefficient (Wildman–Crippen LogP) is 2.60. The molecule has 1 aliphatic rings. The van der Waals surface area contributed by atoms with Crippen molar-refractivity contribution < 1.29 is 13.9 Å². The largest absolute Gasteiger partial charge is 0.380 e. The van der Waals surface area contributed by atoms with E-state index in [9.17, 15) is 13.9 Å². The Morgan fingerprint density at radius 3 is 2.53 bits per heavy atom. The van der Waals surface area contributed by atoms with Gasteiger partial charge in [-0.25, -0.2) is 8.78 Å². The monoisotopic (exact) mass is 261 g/mol. The number of hydrogen-bond acceptors (Lipinski definition) is 2. The van der Waals surface area contributed by atoms with E-state index in [0.29, 0.717) is 5.56 Å². The van der Waals surface area contributed by atoms with Crippen LogP contribution in [-0.4, -0.2) is 5.11 Å². The molecule has 0 amide bonds. The van der Waals surface area contributed by atoms with Crippen LogP contribution in [0, 0.1) is 11.6 Å². The molecule has 3 rings (SSSR count). The highest BCUT2D eigenvalue weighted by Gasteiger charge is 2.44. The summed E-state index contributed by atoms with van der Waals surface area (Å²) in [4.78, 5) is 0. The van der Waals surface area contributed by atoms with Crippen molar-refractivity contribution in [2.45, 2.75) is 18.1 Å². The second-order valence-corrected chi connectivity index (χ2v) is 4.86. The van der Waals surface area contributed by atoms with E-state index in [2.05, 4.69) is 0 Å². The Hall–Kier alpha value is -1.78. The smallest absolute Gasteiger partial charge is 0.165 e. The number of rotatable bonds is 1. The molecule has 2 atom stereocenters. The van der Waals surface area contributed by atoms with Crippen LogP contribution in [0.15, 0.2) is 42.5 Å². The first-order valence-electron chi connectivity index (χ1n) is 6.06. The summed E-state index contributed by atoms with van der Waals surface area (Å²) in [6.07, 6.45) is 0.146. The van der Waals surface area contributed by atoms with Gasteiger partial charge in [-0.3, -0.25) is 0 Å². The zero-order valence-corrected chi connectivity index (χ0v) is 10.1. The van der Waals surface area contributed by atoms with Crippen molar-refractivity contribution in [1.82, 2.24) is 0 Å². The fourth-order valence-electron chi connectivity index (χ4n) is 2.81. The Morgan fingerprint density at radius 2 is 1.74 bits per heavy atom. The molecule has 2 aromatic carbocycles. The molecule has 0 spiro atoms. The molecule has 19 heavy (non-hydrogen) atoms. The van der Waals surface area contributed by atoms with E-state index < -0.39 is 17.2 Å². The van der Waals surface area contributed by atoms with Crippen LogP contribution >= 0.6 is 0 Å². The Kier molecular flexibility index (Phi) is 2.66. The molecular formula is C15H13F2NO. The summed E-state index contributed by atoms with van der Waals surface area (Å²) in [5, 5.41) is 10.8. The van der Waals surface area contributed by atoms with Crippen LogP contribution in [0.25, 0.3) is 0 Å². The van der Waals surface area contributed by atoms with Crippen LogP contribution in [-0.2, 0) is 5.60 Å². The summed E-state index contributed by atoms with van der Waals surface area (Å²) in [5.74, 6) is -1.99. The standard InChI is InChI=1S/C15H13F2NO/c16-12-7-3-6-11(14(12)17)15(19)8-13(18)9-4-1-2-5-10(9)15/h1-7,13,19H,8,18H2. The second kappa shape index (κ2) is 4.11. The molecule has 0 saturated heterocycles. The summed E-state index contributed by atoms with van der Waals surface area (Å²) in [6.45, 7) is 0. The fraction of sp³-hybridized carbons (Fsp3) is 0.200. The first-order valence-corrected chi connectivity index (χ1v) is 6.06. The van der Waals surface area contributed by atoms with Crippen LogP contribution in [0.4, 0.5) is 8.78 Å². The molecule has 98 valence electrons. The van der Waals surface area contributed by atoms with Gasteiger partial charge >= 0.3 is 0 Å². The average molecular weight is 261 g/mol. The molecule has 1 aliphatic carbocycles. The molecule has 0 heterocycles. The molecule has 4 heteroatoms. The van der Waals surface area contributed by atoms with E-state index in [4.69, 9.17) is 5.73 Å². The Morgan fingerprint density at radius 1 is 1.05 bits per heavy atom. The van der Waals surface area contributed by atoms with Gasteiger partial charge in [0.1, 0.15) is 5.60 Å². The molecule has 0 aliphatic heterocycles. The second-order valence-electron chi connectivity index (χ2n) is 4.86. The highest BCUT2D eigenvalue weighted by molar-refractivity contribution is 5.47. The summed E-state index contributed by atoms with van der Waals surface area (Å²) >= 11 is 0. The number of nitrogens with two attached hydrogens (primary N) is 1. The molecule has 3 N–H and O–H groups in total. The minimum absolute atomic E-state index is 0.0621. The minimum atomic E-state index is -1.57.